The van der Waals surface area contributed by atoms with Crippen LogP contribution in [0, 0.1) is 0 Å². The van der Waals surface area contributed by atoms with Gasteiger partial charge in [0, 0.05) is 12.8 Å². The highest BCUT2D eigenvalue weighted by molar-refractivity contribution is 5.70. The van der Waals surface area contributed by atoms with Crippen molar-refractivity contribution in [2.24, 2.45) is 0 Å². The number of hydrogen-bond acceptors (Lipinski definition) is 6. The minimum absolute atomic E-state index is 0.114. The Morgan fingerprint density at radius 3 is 2.00 bits per heavy atom. The highest BCUT2D eigenvalue weighted by Crippen LogP contribution is 2.11. The molecule has 6 nitrogen and oxygen atoms in total. The summed E-state index contributed by atoms with van der Waals surface area (Å²) in [6.45, 7) is 3.93. The van der Waals surface area contributed by atoms with Crippen molar-refractivity contribution in [1.29, 1.82) is 0 Å². The largest absolute Gasteiger partial charge is 0.462 e. The van der Waals surface area contributed by atoms with E-state index in [0.717, 1.165) is 38.5 Å². The fourth-order valence-corrected chi connectivity index (χ4v) is 4.16. The van der Waals surface area contributed by atoms with E-state index in [1.807, 2.05) is 36.5 Å². The van der Waals surface area contributed by atoms with Crippen LogP contribution in [0.3, 0.4) is 0 Å². The number of carbonyl (C=O) groups excluding carboxylic acids is 2. The van der Waals surface area contributed by atoms with Crippen LogP contribution in [0.15, 0.2) is 48.6 Å². The summed E-state index contributed by atoms with van der Waals surface area (Å²) >= 11 is 0. The number of hydrogen-bond donors (Lipinski definition) is 2. The topological polar surface area (TPSA) is 93.1 Å². The average molecular weight is 577 g/mol. The fraction of sp³-hybridized carbons (Fsp3) is 0.714. The van der Waals surface area contributed by atoms with E-state index in [-0.39, 0.29) is 31.6 Å². The molecule has 0 saturated heterocycles. The Bertz CT molecular complexity index is 724. The second-order valence-corrected chi connectivity index (χ2v) is 10.7. The Morgan fingerprint density at radius 2 is 1.29 bits per heavy atom. The van der Waals surface area contributed by atoms with E-state index in [1.165, 1.54) is 57.8 Å². The normalized spacial score (nSPS) is 13.6. The molecule has 0 unspecified atom stereocenters. The molecule has 0 saturated carbocycles. The number of carbonyl (C=O) groups is 2. The number of unbranched alkanes of at least 4 members (excludes halogenated alkanes) is 12. The maximum absolute atomic E-state index is 12.0. The van der Waals surface area contributed by atoms with Crippen molar-refractivity contribution in [1.82, 2.24) is 0 Å². The van der Waals surface area contributed by atoms with Crippen LogP contribution in [0.5, 0.6) is 0 Å². The van der Waals surface area contributed by atoms with Crippen LogP contribution in [0.4, 0.5) is 0 Å². The third kappa shape index (κ3) is 29.1. The van der Waals surface area contributed by atoms with E-state index in [2.05, 4.69) is 19.9 Å². The van der Waals surface area contributed by atoms with Gasteiger partial charge in [-0.3, -0.25) is 9.59 Å². The number of esters is 2. The molecule has 0 fully saturated rings. The molecule has 6 heteroatoms. The lowest BCUT2D eigenvalue weighted by molar-refractivity contribution is -0.161. The molecule has 0 spiro atoms. The van der Waals surface area contributed by atoms with Crippen molar-refractivity contribution < 1.29 is 29.3 Å². The number of allylic oxidation sites excluding steroid dienone is 6. The zero-order chi connectivity index (χ0) is 30.2. The molecule has 0 heterocycles. The van der Waals surface area contributed by atoms with Crippen LogP contribution < -0.4 is 0 Å². The van der Waals surface area contributed by atoms with Gasteiger partial charge in [-0.05, 0) is 44.9 Å². The van der Waals surface area contributed by atoms with Gasteiger partial charge in [0.2, 0.25) is 0 Å². The van der Waals surface area contributed by atoms with Gasteiger partial charge in [-0.15, -0.1) is 0 Å². The first kappa shape index (κ1) is 38.8. The molecule has 0 aromatic carbocycles. The van der Waals surface area contributed by atoms with Gasteiger partial charge >= 0.3 is 11.9 Å². The molecule has 0 bridgehead atoms. The van der Waals surface area contributed by atoms with E-state index in [1.54, 1.807) is 6.08 Å². The van der Waals surface area contributed by atoms with E-state index in [4.69, 9.17) is 9.47 Å². The number of ether oxygens (including phenoxy) is 2. The number of rotatable bonds is 28. The monoisotopic (exact) mass is 576 g/mol. The number of aliphatic hydroxyl groups excluding tert-OH is 2. The van der Waals surface area contributed by atoms with Gasteiger partial charge in [-0.25, -0.2) is 0 Å². The fourth-order valence-electron chi connectivity index (χ4n) is 4.16. The van der Waals surface area contributed by atoms with E-state index in [0.29, 0.717) is 19.3 Å². The Hall–Kier alpha value is -2.18. The predicted molar refractivity (Wildman–Crippen MR) is 170 cm³/mol. The summed E-state index contributed by atoms with van der Waals surface area (Å²) in [5, 5.41) is 19.4. The van der Waals surface area contributed by atoms with E-state index >= 15 is 0 Å². The molecule has 0 aliphatic carbocycles. The zero-order valence-corrected chi connectivity index (χ0v) is 26.2. The summed E-state index contributed by atoms with van der Waals surface area (Å²) in [5.74, 6) is -0.703. The van der Waals surface area contributed by atoms with Crippen LogP contribution >= 0.6 is 0 Å². The zero-order valence-electron chi connectivity index (χ0n) is 26.2. The highest BCUT2D eigenvalue weighted by Gasteiger charge is 2.16. The van der Waals surface area contributed by atoms with E-state index in [9.17, 15) is 19.8 Å². The van der Waals surface area contributed by atoms with Gasteiger partial charge in [0.05, 0.1) is 12.7 Å². The summed E-state index contributed by atoms with van der Waals surface area (Å²) in [7, 11) is 0. The first-order chi connectivity index (χ1) is 20.0. The minimum Gasteiger partial charge on any atom is -0.462 e. The lowest BCUT2D eigenvalue weighted by Crippen LogP contribution is -2.28. The third-order valence-electron chi connectivity index (χ3n) is 6.71. The van der Waals surface area contributed by atoms with Gasteiger partial charge in [0.15, 0.2) is 6.10 Å². The van der Waals surface area contributed by atoms with Crippen LogP contribution in [0.1, 0.15) is 136 Å². The maximum Gasteiger partial charge on any atom is 0.306 e. The van der Waals surface area contributed by atoms with Crippen LogP contribution in [-0.2, 0) is 19.1 Å². The molecule has 2 atom stereocenters. The van der Waals surface area contributed by atoms with Gasteiger partial charge in [0.1, 0.15) is 6.61 Å². The van der Waals surface area contributed by atoms with Crippen LogP contribution in [0.25, 0.3) is 0 Å². The van der Waals surface area contributed by atoms with Gasteiger partial charge in [-0.1, -0.05) is 127 Å². The molecule has 0 aromatic rings. The first-order valence-electron chi connectivity index (χ1n) is 16.3. The minimum atomic E-state index is -0.807. The summed E-state index contributed by atoms with van der Waals surface area (Å²) in [5.41, 5.74) is 0. The first-order valence-corrected chi connectivity index (χ1v) is 16.3. The second-order valence-electron chi connectivity index (χ2n) is 10.7. The Labute approximate surface area is 251 Å². The van der Waals surface area contributed by atoms with Crippen LogP contribution in [0.2, 0.25) is 0 Å². The van der Waals surface area contributed by atoms with E-state index < -0.39 is 12.2 Å². The maximum atomic E-state index is 12.0. The molecule has 0 aliphatic rings. The Morgan fingerprint density at radius 1 is 0.683 bits per heavy atom. The summed E-state index contributed by atoms with van der Waals surface area (Å²) in [6.07, 6.45) is 33.4. The summed E-state index contributed by atoms with van der Waals surface area (Å²) < 4.78 is 10.4. The standard InChI is InChI=1S/C35H60O6/c1-3-5-7-9-11-12-17-21-25-29-35(39)41-33(30-36)31-40-34(38)28-24-20-16-14-13-15-19-23-27-32(37)26-22-18-10-8-6-4-2/h14-16,18-19,22-23,27,32-33,36-37H,3-13,17,20-21,24-26,28-31H2,1-2H3/b16-14-,19-15-,22-18-,27-23+/t32-,33+/m1/s1. The lowest BCUT2D eigenvalue weighted by Gasteiger charge is -2.15. The Kier molecular flexibility index (Phi) is 29.1. The molecule has 41 heavy (non-hydrogen) atoms. The summed E-state index contributed by atoms with van der Waals surface area (Å²) in [6, 6.07) is 0. The molecule has 0 rings (SSSR count). The van der Waals surface area contributed by atoms with Crippen molar-refractivity contribution in [2.45, 2.75) is 148 Å². The average Bonchev–Trinajstić information content (AvgIpc) is 2.97. The van der Waals surface area contributed by atoms with Crippen LogP contribution in [-0.4, -0.2) is 47.6 Å². The quantitative estimate of drug-likeness (QED) is 0.0420. The third-order valence-corrected chi connectivity index (χ3v) is 6.71. The van der Waals surface area contributed by atoms with Gasteiger partial charge < -0.3 is 19.7 Å². The van der Waals surface area contributed by atoms with Crippen molar-refractivity contribution >= 4 is 11.9 Å². The lowest BCUT2D eigenvalue weighted by atomic mass is 10.1. The van der Waals surface area contributed by atoms with Gasteiger partial charge in [0.25, 0.3) is 0 Å². The molecule has 0 aliphatic heterocycles. The molecule has 0 radical (unpaired) electrons. The van der Waals surface area contributed by atoms with Crippen molar-refractivity contribution in [3.8, 4) is 0 Å². The molecule has 0 amide bonds. The van der Waals surface area contributed by atoms with Gasteiger partial charge in [-0.2, -0.15) is 0 Å². The number of aliphatic hydroxyl groups is 2. The van der Waals surface area contributed by atoms with Crippen molar-refractivity contribution in [3.05, 3.63) is 48.6 Å². The molecular weight excluding hydrogens is 516 g/mol. The second kappa shape index (κ2) is 30.8. The smallest absolute Gasteiger partial charge is 0.306 e. The SMILES string of the molecule is CCCCC/C=C\C[C@@H](O)/C=C/C=C\C/C=C\CCCC(=O)OC[C@H](CO)OC(=O)CCCCCCCCCCC. The Balaban J connectivity index is 3.81. The summed E-state index contributed by atoms with van der Waals surface area (Å²) in [4.78, 5) is 24.0. The molecule has 0 aromatic heterocycles. The molecular formula is C35H60O6. The molecule has 2 N–H and O–H groups in total. The predicted octanol–water partition coefficient (Wildman–Crippen LogP) is 8.47. The van der Waals surface area contributed by atoms with Crippen molar-refractivity contribution in [2.75, 3.05) is 13.2 Å². The van der Waals surface area contributed by atoms with Crippen molar-refractivity contribution in [3.63, 3.8) is 0 Å². The highest BCUT2D eigenvalue weighted by atomic mass is 16.6. The molecule has 236 valence electrons.